The van der Waals surface area contributed by atoms with Gasteiger partial charge in [0.2, 0.25) is 10.0 Å². The number of hydrogen-bond donors (Lipinski definition) is 1. The van der Waals surface area contributed by atoms with Gasteiger partial charge in [0, 0.05) is 25.2 Å². The fourth-order valence-electron chi connectivity index (χ4n) is 2.67. The highest BCUT2D eigenvalue weighted by Crippen LogP contribution is 2.27. The maximum absolute atomic E-state index is 13.3. The van der Waals surface area contributed by atoms with Crippen molar-refractivity contribution in [3.8, 4) is 0 Å². The van der Waals surface area contributed by atoms with Gasteiger partial charge in [-0.1, -0.05) is 43.3 Å². The number of nitrogens with two attached hydrogens (primary N) is 1. The summed E-state index contributed by atoms with van der Waals surface area (Å²) in [7, 11) is -3.90. The summed E-state index contributed by atoms with van der Waals surface area (Å²) in [5.41, 5.74) is 6.73. The third kappa shape index (κ3) is 5.74. The summed E-state index contributed by atoms with van der Waals surface area (Å²) in [4.78, 5) is 10.5. The molecule has 0 amide bonds. The number of hydrogen-bond acceptors (Lipinski definition) is 5. The average molecular weight is 414 g/mol. The highest BCUT2D eigenvalue weighted by molar-refractivity contribution is 7.89. The number of nitro groups is 1. The van der Waals surface area contributed by atoms with Crippen LogP contribution in [0.15, 0.2) is 53.4 Å². The van der Waals surface area contributed by atoms with Gasteiger partial charge >= 0.3 is 0 Å². The van der Waals surface area contributed by atoms with E-state index in [4.69, 9.17) is 5.73 Å². The molecule has 27 heavy (non-hydrogen) atoms. The number of rotatable bonds is 9. The lowest BCUT2D eigenvalue weighted by Gasteiger charge is -2.23. The van der Waals surface area contributed by atoms with Crippen molar-refractivity contribution in [2.75, 3.05) is 13.1 Å². The molecule has 2 N–H and O–H groups in total. The van der Waals surface area contributed by atoms with Crippen LogP contribution in [0.25, 0.3) is 0 Å². The van der Waals surface area contributed by atoms with E-state index in [-0.39, 0.29) is 36.1 Å². The van der Waals surface area contributed by atoms with Crippen molar-refractivity contribution in [3.63, 3.8) is 0 Å². The largest absolute Gasteiger partial charge is 0.330 e. The Labute approximate surface area is 165 Å². The molecular formula is C18H24ClN3O4S. The lowest BCUT2D eigenvalue weighted by atomic mass is 10.1. The Morgan fingerprint density at radius 2 is 1.81 bits per heavy atom. The van der Waals surface area contributed by atoms with Crippen molar-refractivity contribution in [1.29, 1.82) is 0 Å². The van der Waals surface area contributed by atoms with Gasteiger partial charge in [-0.15, -0.1) is 12.4 Å². The molecule has 2 aromatic rings. The summed E-state index contributed by atoms with van der Waals surface area (Å²) in [6.07, 6.45) is 0.963. The Hall–Kier alpha value is -2.00. The summed E-state index contributed by atoms with van der Waals surface area (Å²) in [6, 6.07) is 13.2. The number of non-ortho nitro benzene ring substituents is 1. The molecule has 148 valence electrons. The van der Waals surface area contributed by atoms with E-state index < -0.39 is 14.9 Å². The zero-order valence-corrected chi connectivity index (χ0v) is 16.7. The van der Waals surface area contributed by atoms with Crippen molar-refractivity contribution < 1.29 is 13.3 Å². The lowest BCUT2D eigenvalue weighted by Crippen LogP contribution is -2.33. The Balaban J connectivity index is 0.00000364. The van der Waals surface area contributed by atoms with Gasteiger partial charge in [0.1, 0.15) is 0 Å². The van der Waals surface area contributed by atoms with Crippen LogP contribution >= 0.6 is 12.4 Å². The minimum atomic E-state index is -3.90. The van der Waals surface area contributed by atoms with Gasteiger partial charge in [0.15, 0.2) is 0 Å². The molecule has 0 aliphatic carbocycles. The predicted molar refractivity (Wildman–Crippen MR) is 107 cm³/mol. The second-order valence-corrected chi connectivity index (χ2v) is 7.78. The summed E-state index contributed by atoms with van der Waals surface area (Å²) < 4.78 is 27.9. The van der Waals surface area contributed by atoms with E-state index in [9.17, 15) is 18.5 Å². The van der Waals surface area contributed by atoms with Gasteiger partial charge in [0.25, 0.3) is 5.69 Å². The van der Waals surface area contributed by atoms with Crippen LogP contribution in [-0.2, 0) is 23.0 Å². The summed E-state index contributed by atoms with van der Waals surface area (Å²) in [6.45, 7) is 2.62. The molecule has 0 heterocycles. The molecule has 0 radical (unpaired) electrons. The van der Waals surface area contributed by atoms with E-state index in [0.29, 0.717) is 24.9 Å². The molecule has 0 atom stereocenters. The first-order chi connectivity index (χ1) is 12.4. The van der Waals surface area contributed by atoms with Crippen LogP contribution in [0.3, 0.4) is 0 Å². The molecule has 0 fully saturated rings. The van der Waals surface area contributed by atoms with Gasteiger partial charge in [-0.25, -0.2) is 8.42 Å². The highest BCUT2D eigenvalue weighted by atomic mass is 35.5. The van der Waals surface area contributed by atoms with E-state index in [2.05, 4.69) is 0 Å². The number of benzene rings is 2. The fourth-order valence-corrected chi connectivity index (χ4v) is 4.45. The van der Waals surface area contributed by atoms with Gasteiger partial charge < -0.3 is 5.73 Å². The molecule has 7 nitrogen and oxygen atoms in total. The van der Waals surface area contributed by atoms with E-state index in [1.807, 2.05) is 37.3 Å². The maximum Gasteiger partial charge on any atom is 0.270 e. The number of aryl methyl sites for hydroxylation is 1. The third-order valence-corrected chi connectivity index (χ3v) is 6.00. The van der Waals surface area contributed by atoms with Gasteiger partial charge in [-0.3, -0.25) is 10.1 Å². The Kier molecular flexibility index (Phi) is 8.84. The number of sulfonamides is 1. The quantitative estimate of drug-likeness (QED) is 0.502. The Bertz CT molecular complexity index is 860. The molecule has 2 rings (SSSR count). The first-order valence-electron chi connectivity index (χ1n) is 8.41. The van der Waals surface area contributed by atoms with Crippen LogP contribution in [0, 0.1) is 10.1 Å². The van der Waals surface area contributed by atoms with Gasteiger partial charge in [-0.05, 0) is 30.5 Å². The van der Waals surface area contributed by atoms with Gasteiger partial charge in [-0.2, -0.15) is 4.31 Å². The van der Waals surface area contributed by atoms with E-state index >= 15 is 0 Å². The normalized spacial score (nSPS) is 11.2. The first kappa shape index (κ1) is 23.0. The topological polar surface area (TPSA) is 107 Å². The van der Waals surface area contributed by atoms with Crippen molar-refractivity contribution in [2.45, 2.75) is 31.2 Å². The van der Waals surface area contributed by atoms with E-state index in [1.54, 1.807) is 0 Å². The molecule has 9 heteroatoms. The van der Waals surface area contributed by atoms with Crippen molar-refractivity contribution >= 4 is 28.1 Å². The first-order valence-corrected chi connectivity index (χ1v) is 9.85. The van der Waals surface area contributed by atoms with E-state index in [1.165, 1.54) is 16.4 Å². The lowest BCUT2D eigenvalue weighted by molar-refractivity contribution is -0.385. The van der Waals surface area contributed by atoms with Crippen LogP contribution in [0.1, 0.15) is 24.5 Å². The fraction of sp³-hybridized carbons (Fsp3) is 0.333. The monoisotopic (exact) mass is 413 g/mol. The molecule has 0 spiro atoms. The summed E-state index contributed by atoms with van der Waals surface area (Å²) in [5, 5.41) is 11.1. The molecule has 0 bridgehead atoms. The Morgan fingerprint density at radius 1 is 1.15 bits per heavy atom. The SMILES string of the molecule is CCc1ccc([N+](=O)[O-])cc1S(=O)(=O)N(CCCN)Cc1ccccc1.Cl. The van der Waals surface area contributed by atoms with Crippen LogP contribution < -0.4 is 5.73 Å². The maximum atomic E-state index is 13.3. The number of nitro benzene ring substituents is 1. The standard InChI is InChI=1S/C18H23N3O4S.ClH/c1-2-16-9-10-17(21(22)23)13-18(16)26(24,25)20(12-6-11-19)14-15-7-4-3-5-8-15;/h3-5,7-10,13H,2,6,11-12,14,19H2,1H3;1H. The van der Waals surface area contributed by atoms with E-state index in [0.717, 1.165) is 11.6 Å². The molecular weight excluding hydrogens is 390 g/mol. The Morgan fingerprint density at radius 3 is 2.37 bits per heavy atom. The predicted octanol–water partition coefficient (Wildman–Crippen LogP) is 3.12. The van der Waals surface area contributed by atoms with Crippen molar-refractivity contribution in [3.05, 3.63) is 69.8 Å². The zero-order valence-electron chi connectivity index (χ0n) is 15.1. The average Bonchev–Trinajstić information content (AvgIpc) is 2.65. The van der Waals surface area contributed by atoms with Crippen LogP contribution in [0.5, 0.6) is 0 Å². The number of halogens is 1. The minimum Gasteiger partial charge on any atom is -0.330 e. The van der Waals surface area contributed by atoms with Crippen LogP contribution in [-0.4, -0.2) is 30.7 Å². The third-order valence-electron chi connectivity index (χ3n) is 4.07. The molecule has 0 aliphatic heterocycles. The molecule has 0 aliphatic rings. The van der Waals surface area contributed by atoms with Crippen molar-refractivity contribution in [2.24, 2.45) is 5.73 Å². The van der Waals surface area contributed by atoms with Crippen LogP contribution in [0.4, 0.5) is 5.69 Å². The highest BCUT2D eigenvalue weighted by Gasteiger charge is 2.28. The zero-order chi connectivity index (χ0) is 19.2. The molecule has 0 aromatic heterocycles. The van der Waals surface area contributed by atoms with Crippen LogP contribution in [0.2, 0.25) is 0 Å². The molecule has 2 aromatic carbocycles. The second-order valence-electron chi connectivity index (χ2n) is 5.87. The van der Waals surface area contributed by atoms with Crippen molar-refractivity contribution in [1.82, 2.24) is 4.31 Å². The molecule has 0 saturated heterocycles. The molecule has 0 unspecified atom stereocenters. The van der Waals surface area contributed by atoms with Gasteiger partial charge in [0.05, 0.1) is 9.82 Å². The summed E-state index contributed by atoms with van der Waals surface area (Å²) >= 11 is 0. The second kappa shape index (κ2) is 10.4. The molecule has 0 saturated carbocycles. The number of nitrogens with zero attached hydrogens (tertiary/aromatic N) is 2. The summed E-state index contributed by atoms with van der Waals surface area (Å²) in [5.74, 6) is 0. The smallest absolute Gasteiger partial charge is 0.270 e. The minimum absolute atomic E-state index is 0.